The Kier molecular flexibility index (Phi) is 3.86. The highest BCUT2D eigenvalue weighted by molar-refractivity contribution is 6.42. The van der Waals surface area contributed by atoms with E-state index in [1.165, 1.54) is 0 Å². The molecule has 1 unspecified atom stereocenters. The third-order valence-electron chi connectivity index (χ3n) is 1.77. The van der Waals surface area contributed by atoms with Gasteiger partial charge in [-0.1, -0.05) is 23.2 Å². The molecule has 78 valence electrons. The summed E-state index contributed by atoms with van der Waals surface area (Å²) in [6.07, 6.45) is 0. The van der Waals surface area contributed by atoms with Crippen molar-refractivity contribution in [2.45, 2.75) is 13.0 Å². The number of nitrogens with two attached hydrogens (primary N) is 1. The fourth-order valence-corrected chi connectivity index (χ4v) is 1.33. The summed E-state index contributed by atoms with van der Waals surface area (Å²) >= 11 is 11.6. The number of halogens is 2. The first kappa shape index (κ1) is 11.4. The Labute approximate surface area is 92.8 Å². The molecule has 3 nitrogen and oxygen atoms in total. The molecule has 1 aromatic rings. The van der Waals surface area contributed by atoms with Gasteiger partial charge in [-0.25, -0.2) is 0 Å². The maximum atomic E-state index is 8.85. The second-order valence-electron chi connectivity index (χ2n) is 3.08. The van der Waals surface area contributed by atoms with Crippen LogP contribution in [0, 0.1) is 0 Å². The van der Waals surface area contributed by atoms with Crippen LogP contribution in [0.25, 0.3) is 0 Å². The normalized spacial score (nSPS) is 12.6. The van der Waals surface area contributed by atoms with Crippen LogP contribution >= 0.6 is 23.2 Å². The van der Waals surface area contributed by atoms with Gasteiger partial charge in [0, 0.05) is 6.04 Å². The topological polar surface area (TPSA) is 58.3 Å². The Morgan fingerprint density at radius 3 is 2.57 bits per heavy atom. The van der Waals surface area contributed by atoms with Crippen LogP contribution in [0.3, 0.4) is 0 Å². The molecule has 0 aliphatic carbocycles. The molecule has 0 aromatic heterocycles. The lowest BCUT2D eigenvalue weighted by Gasteiger charge is -2.15. The lowest BCUT2D eigenvalue weighted by atomic mass is 10.2. The van der Waals surface area contributed by atoms with Gasteiger partial charge in [-0.3, -0.25) is 0 Å². The van der Waals surface area contributed by atoms with Crippen LogP contribution in [0.5, 0.6) is 0 Å². The van der Waals surface area contributed by atoms with Gasteiger partial charge in [0.05, 0.1) is 28.0 Å². The SMILES string of the molecule is CC(CO)Nc1cc(Cl)c(Cl)cc1N. The highest BCUT2D eigenvalue weighted by Crippen LogP contribution is 2.30. The van der Waals surface area contributed by atoms with Gasteiger partial charge in [0.25, 0.3) is 0 Å². The second kappa shape index (κ2) is 4.73. The Balaban J connectivity index is 2.92. The largest absolute Gasteiger partial charge is 0.397 e. The van der Waals surface area contributed by atoms with E-state index in [0.717, 1.165) is 0 Å². The minimum Gasteiger partial charge on any atom is -0.397 e. The molecule has 4 N–H and O–H groups in total. The number of benzene rings is 1. The fraction of sp³-hybridized carbons (Fsp3) is 0.333. The minimum atomic E-state index is -0.0745. The maximum absolute atomic E-state index is 8.85. The predicted octanol–water partition coefficient (Wildman–Crippen LogP) is 2.37. The molecular formula is C9H12Cl2N2O. The molecule has 0 amide bonds. The number of hydrogen-bond acceptors (Lipinski definition) is 3. The molecule has 0 saturated carbocycles. The quantitative estimate of drug-likeness (QED) is 0.705. The van der Waals surface area contributed by atoms with Crippen molar-refractivity contribution in [1.82, 2.24) is 0 Å². The maximum Gasteiger partial charge on any atom is 0.0630 e. The van der Waals surface area contributed by atoms with Crippen LogP contribution in [0.1, 0.15) is 6.92 Å². The van der Waals surface area contributed by atoms with E-state index < -0.39 is 0 Å². The third kappa shape index (κ3) is 2.67. The molecule has 0 aliphatic rings. The zero-order valence-electron chi connectivity index (χ0n) is 7.72. The van der Waals surface area contributed by atoms with E-state index in [1.807, 2.05) is 6.92 Å². The third-order valence-corrected chi connectivity index (χ3v) is 2.49. The summed E-state index contributed by atoms with van der Waals surface area (Å²) in [7, 11) is 0. The molecule has 0 spiro atoms. The number of hydrogen-bond donors (Lipinski definition) is 3. The summed E-state index contributed by atoms with van der Waals surface area (Å²) in [6, 6.07) is 3.15. The first-order valence-electron chi connectivity index (χ1n) is 4.16. The fourth-order valence-electron chi connectivity index (χ4n) is 0.998. The first-order chi connectivity index (χ1) is 6.54. The average molecular weight is 235 g/mol. The number of aliphatic hydroxyl groups is 1. The first-order valence-corrected chi connectivity index (χ1v) is 4.92. The highest BCUT2D eigenvalue weighted by atomic mass is 35.5. The van der Waals surface area contributed by atoms with Crippen LogP contribution in [-0.2, 0) is 0 Å². The number of rotatable bonds is 3. The van der Waals surface area contributed by atoms with E-state index in [4.69, 9.17) is 34.0 Å². The van der Waals surface area contributed by atoms with Gasteiger partial charge in [-0.15, -0.1) is 0 Å². The van der Waals surface area contributed by atoms with Crippen molar-refractivity contribution in [3.63, 3.8) is 0 Å². The molecule has 0 radical (unpaired) electrons. The summed E-state index contributed by atoms with van der Waals surface area (Å²) < 4.78 is 0. The number of nitrogens with one attached hydrogen (secondary N) is 1. The van der Waals surface area contributed by atoms with Crippen molar-refractivity contribution in [1.29, 1.82) is 0 Å². The van der Waals surface area contributed by atoms with E-state index in [0.29, 0.717) is 21.4 Å². The summed E-state index contributed by atoms with van der Waals surface area (Å²) in [4.78, 5) is 0. The van der Waals surface area contributed by atoms with E-state index in [-0.39, 0.29) is 12.6 Å². The van der Waals surface area contributed by atoms with Crippen LogP contribution in [0.15, 0.2) is 12.1 Å². The minimum absolute atomic E-state index is 0.0275. The molecule has 1 atom stereocenters. The van der Waals surface area contributed by atoms with Gasteiger partial charge in [-0.2, -0.15) is 0 Å². The van der Waals surface area contributed by atoms with Gasteiger partial charge < -0.3 is 16.2 Å². The second-order valence-corrected chi connectivity index (χ2v) is 3.90. The molecule has 14 heavy (non-hydrogen) atoms. The van der Waals surface area contributed by atoms with Crippen molar-refractivity contribution >= 4 is 34.6 Å². The molecule has 1 aromatic carbocycles. The number of nitrogen functional groups attached to an aromatic ring is 1. The molecule has 5 heteroatoms. The monoisotopic (exact) mass is 234 g/mol. The zero-order valence-corrected chi connectivity index (χ0v) is 9.23. The molecule has 0 fully saturated rings. The highest BCUT2D eigenvalue weighted by Gasteiger charge is 2.07. The van der Waals surface area contributed by atoms with Crippen LogP contribution in [0.4, 0.5) is 11.4 Å². The van der Waals surface area contributed by atoms with E-state index in [2.05, 4.69) is 5.32 Å². The Morgan fingerprint density at radius 1 is 1.43 bits per heavy atom. The lowest BCUT2D eigenvalue weighted by molar-refractivity contribution is 0.281. The van der Waals surface area contributed by atoms with Crippen LogP contribution in [0.2, 0.25) is 10.0 Å². The number of aliphatic hydroxyl groups excluding tert-OH is 1. The molecule has 0 bridgehead atoms. The van der Waals surface area contributed by atoms with Gasteiger partial charge in [0.15, 0.2) is 0 Å². The summed E-state index contributed by atoms with van der Waals surface area (Å²) in [5.41, 5.74) is 6.90. The van der Waals surface area contributed by atoms with Gasteiger partial charge in [0.1, 0.15) is 0 Å². The van der Waals surface area contributed by atoms with E-state index in [9.17, 15) is 0 Å². The Morgan fingerprint density at radius 2 is 2.00 bits per heavy atom. The summed E-state index contributed by atoms with van der Waals surface area (Å²) in [5, 5.41) is 12.7. The lowest BCUT2D eigenvalue weighted by Crippen LogP contribution is -2.20. The smallest absolute Gasteiger partial charge is 0.0630 e. The average Bonchev–Trinajstić information content (AvgIpc) is 2.14. The summed E-state index contributed by atoms with van der Waals surface area (Å²) in [5.74, 6) is 0. The van der Waals surface area contributed by atoms with Crippen molar-refractivity contribution < 1.29 is 5.11 Å². The molecular weight excluding hydrogens is 223 g/mol. The van der Waals surface area contributed by atoms with Gasteiger partial charge in [-0.05, 0) is 19.1 Å². The van der Waals surface area contributed by atoms with Crippen LogP contribution < -0.4 is 11.1 Å². The van der Waals surface area contributed by atoms with Crippen molar-refractivity contribution in [2.24, 2.45) is 0 Å². The van der Waals surface area contributed by atoms with E-state index in [1.54, 1.807) is 12.1 Å². The molecule has 0 heterocycles. The standard InChI is InChI=1S/C9H12Cl2N2O/c1-5(4-14)13-9-3-7(11)6(10)2-8(9)12/h2-3,5,13-14H,4,12H2,1H3. The van der Waals surface area contributed by atoms with Crippen molar-refractivity contribution in [3.8, 4) is 0 Å². The Bertz CT molecular complexity index is 331. The Hall–Kier alpha value is -0.640. The van der Waals surface area contributed by atoms with Crippen molar-refractivity contribution in [2.75, 3.05) is 17.7 Å². The van der Waals surface area contributed by atoms with E-state index >= 15 is 0 Å². The van der Waals surface area contributed by atoms with Crippen LogP contribution in [-0.4, -0.2) is 17.8 Å². The molecule has 0 saturated heterocycles. The van der Waals surface area contributed by atoms with Crippen molar-refractivity contribution in [3.05, 3.63) is 22.2 Å². The predicted molar refractivity (Wildman–Crippen MR) is 61.0 cm³/mol. The molecule has 0 aliphatic heterocycles. The van der Waals surface area contributed by atoms with Gasteiger partial charge in [0.2, 0.25) is 0 Å². The van der Waals surface area contributed by atoms with Gasteiger partial charge >= 0.3 is 0 Å². The number of anilines is 2. The molecule has 1 rings (SSSR count). The summed E-state index contributed by atoms with van der Waals surface area (Å²) in [6.45, 7) is 1.86. The zero-order chi connectivity index (χ0) is 10.7.